The highest BCUT2D eigenvalue weighted by Crippen LogP contribution is 2.27. The van der Waals surface area contributed by atoms with Crippen molar-refractivity contribution in [3.05, 3.63) is 29.3 Å². The van der Waals surface area contributed by atoms with E-state index in [0.717, 1.165) is 20.7 Å². The van der Waals surface area contributed by atoms with E-state index >= 15 is 0 Å². The summed E-state index contributed by atoms with van der Waals surface area (Å²) in [5, 5.41) is 11.0. The zero-order chi connectivity index (χ0) is 17.9. The molecule has 24 heavy (non-hydrogen) atoms. The number of hydrogen-bond donors (Lipinski definition) is 1. The molecule has 2 aromatic rings. The Kier molecular flexibility index (Phi) is 5.83. The Morgan fingerprint density at radius 1 is 1.38 bits per heavy atom. The van der Waals surface area contributed by atoms with Crippen molar-refractivity contribution in [1.29, 1.82) is 0 Å². The van der Waals surface area contributed by atoms with Crippen LogP contribution in [0.4, 0.5) is 10.8 Å². The van der Waals surface area contributed by atoms with E-state index in [4.69, 9.17) is 0 Å². The average Bonchev–Trinajstić information content (AvgIpc) is 2.93. The van der Waals surface area contributed by atoms with Crippen LogP contribution in [0, 0.1) is 6.92 Å². The number of sulfonamides is 1. The van der Waals surface area contributed by atoms with Crippen molar-refractivity contribution in [3.63, 3.8) is 0 Å². The third kappa shape index (κ3) is 4.25. The molecule has 0 aliphatic carbocycles. The van der Waals surface area contributed by atoms with Gasteiger partial charge in [-0.25, -0.2) is 8.42 Å². The molecule has 0 aliphatic heterocycles. The van der Waals surface area contributed by atoms with Gasteiger partial charge in [-0.15, -0.1) is 10.2 Å². The van der Waals surface area contributed by atoms with Crippen LogP contribution in [0.1, 0.15) is 22.8 Å². The average molecular weight is 387 g/mol. The molecule has 7 nitrogen and oxygen atoms in total. The summed E-state index contributed by atoms with van der Waals surface area (Å²) < 4.78 is 25.4. The van der Waals surface area contributed by atoms with E-state index in [1.54, 1.807) is 36.9 Å². The maximum Gasteiger partial charge on any atom is 0.257 e. The van der Waals surface area contributed by atoms with E-state index in [1.807, 2.05) is 6.92 Å². The van der Waals surface area contributed by atoms with Crippen molar-refractivity contribution in [2.45, 2.75) is 18.2 Å². The Labute approximate surface area is 149 Å². The molecule has 0 bridgehead atoms. The Balaban J connectivity index is 2.26. The van der Waals surface area contributed by atoms with Gasteiger partial charge in [0, 0.05) is 12.6 Å². The Morgan fingerprint density at radius 3 is 2.71 bits per heavy atom. The van der Waals surface area contributed by atoms with Crippen molar-refractivity contribution in [2.24, 2.45) is 0 Å². The third-order valence-electron chi connectivity index (χ3n) is 3.28. The van der Waals surface area contributed by atoms with Crippen LogP contribution < -0.4 is 9.62 Å². The minimum absolute atomic E-state index is 0.347. The first-order chi connectivity index (χ1) is 11.2. The molecular weight excluding hydrogens is 368 g/mol. The number of anilines is 2. The van der Waals surface area contributed by atoms with Crippen LogP contribution in [0.25, 0.3) is 0 Å². The van der Waals surface area contributed by atoms with E-state index in [-0.39, 0.29) is 5.91 Å². The molecule has 0 fully saturated rings. The van der Waals surface area contributed by atoms with Gasteiger partial charge in [-0.1, -0.05) is 36.1 Å². The lowest BCUT2D eigenvalue weighted by Crippen LogP contribution is -2.26. The second-order valence-corrected chi connectivity index (χ2v) is 9.44. The topological polar surface area (TPSA) is 92.3 Å². The van der Waals surface area contributed by atoms with E-state index < -0.39 is 10.0 Å². The number of rotatable bonds is 6. The van der Waals surface area contributed by atoms with Crippen molar-refractivity contribution >= 4 is 49.8 Å². The van der Waals surface area contributed by atoms with Crippen LogP contribution in [-0.4, -0.2) is 43.6 Å². The van der Waals surface area contributed by atoms with Gasteiger partial charge < -0.3 is 0 Å². The van der Waals surface area contributed by atoms with Gasteiger partial charge in [0.1, 0.15) is 0 Å². The van der Waals surface area contributed by atoms with Gasteiger partial charge in [0.15, 0.2) is 4.34 Å². The fourth-order valence-electron chi connectivity index (χ4n) is 2.00. The number of aromatic nitrogens is 2. The molecule has 1 heterocycles. The highest BCUT2D eigenvalue weighted by atomic mass is 32.2. The normalized spacial score (nSPS) is 11.3. The van der Waals surface area contributed by atoms with E-state index in [1.165, 1.54) is 18.4 Å². The van der Waals surface area contributed by atoms with Gasteiger partial charge in [0.05, 0.1) is 11.9 Å². The van der Waals surface area contributed by atoms with Crippen LogP contribution in [0.3, 0.4) is 0 Å². The first-order valence-electron chi connectivity index (χ1n) is 7.05. The maximum absolute atomic E-state index is 12.5. The van der Waals surface area contributed by atoms with Gasteiger partial charge >= 0.3 is 0 Å². The molecule has 0 saturated heterocycles. The summed E-state index contributed by atoms with van der Waals surface area (Å²) in [7, 11) is -1.95. The smallest absolute Gasteiger partial charge is 0.257 e. The molecule has 1 aromatic carbocycles. The predicted octanol–water partition coefficient (Wildman–Crippen LogP) is 2.61. The van der Waals surface area contributed by atoms with E-state index in [0.29, 0.717) is 21.9 Å². The molecule has 130 valence electrons. The Hall–Kier alpha value is -1.65. The summed E-state index contributed by atoms with van der Waals surface area (Å²) in [5.41, 5.74) is 1.43. The second kappa shape index (κ2) is 7.49. The molecule has 1 amide bonds. The molecule has 1 N–H and O–H groups in total. The minimum Gasteiger partial charge on any atom is -0.296 e. The number of carbonyl (C=O) groups is 1. The first kappa shape index (κ1) is 18.7. The molecule has 0 saturated carbocycles. The minimum atomic E-state index is -3.40. The predicted molar refractivity (Wildman–Crippen MR) is 98.7 cm³/mol. The van der Waals surface area contributed by atoms with Crippen LogP contribution >= 0.6 is 23.1 Å². The second-order valence-electron chi connectivity index (χ2n) is 4.94. The molecule has 10 heteroatoms. The number of amides is 1. The highest BCUT2D eigenvalue weighted by Gasteiger charge is 2.19. The summed E-state index contributed by atoms with van der Waals surface area (Å²) in [6.07, 6.45) is 1.12. The summed E-state index contributed by atoms with van der Waals surface area (Å²) in [6, 6.07) is 4.96. The number of carbonyl (C=O) groups excluding carboxylic acids is 1. The fraction of sp³-hybridized carbons (Fsp3) is 0.357. The van der Waals surface area contributed by atoms with Gasteiger partial charge in [0.25, 0.3) is 5.91 Å². The van der Waals surface area contributed by atoms with Crippen molar-refractivity contribution < 1.29 is 13.2 Å². The lowest BCUT2D eigenvalue weighted by Gasteiger charge is -2.20. The lowest BCUT2D eigenvalue weighted by molar-refractivity contribution is 0.102. The monoisotopic (exact) mass is 386 g/mol. The fourth-order valence-corrected chi connectivity index (χ4v) is 4.19. The molecule has 0 radical (unpaired) electrons. The number of nitrogens with one attached hydrogen (secondary N) is 1. The lowest BCUT2D eigenvalue weighted by atomic mass is 10.1. The van der Waals surface area contributed by atoms with E-state index in [9.17, 15) is 13.2 Å². The number of nitrogens with zero attached hydrogens (tertiary/aromatic N) is 3. The van der Waals surface area contributed by atoms with Crippen LogP contribution in [0.15, 0.2) is 22.5 Å². The van der Waals surface area contributed by atoms with Gasteiger partial charge in [-0.05, 0) is 30.4 Å². The molecule has 2 rings (SSSR count). The third-order valence-corrected chi connectivity index (χ3v) is 6.33. The molecule has 1 aromatic heterocycles. The van der Waals surface area contributed by atoms with Gasteiger partial charge in [0.2, 0.25) is 15.2 Å². The number of benzene rings is 1. The van der Waals surface area contributed by atoms with Gasteiger partial charge in [-0.3, -0.25) is 14.4 Å². The quantitative estimate of drug-likeness (QED) is 0.606. The summed E-state index contributed by atoms with van der Waals surface area (Å²) >= 11 is 2.86. The molecule has 0 spiro atoms. The van der Waals surface area contributed by atoms with Crippen LogP contribution in [0.5, 0.6) is 0 Å². The SMILES string of the molecule is CCSc1nnc(NC(=O)c2cccc(N(C)S(C)(=O)=O)c2C)s1. The number of thioether (sulfide) groups is 1. The molecule has 0 unspecified atom stereocenters. The molecule has 0 aliphatic rings. The zero-order valence-corrected chi connectivity index (χ0v) is 16.2. The zero-order valence-electron chi connectivity index (χ0n) is 13.7. The van der Waals surface area contributed by atoms with E-state index in [2.05, 4.69) is 15.5 Å². The Morgan fingerprint density at radius 2 is 2.08 bits per heavy atom. The number of hydrogen-bond acceptors (Lipinski definition) is 7. The highest BCUT2D eigenvalue weighted by molar-refractivity contribution is 8.01. The molecule has 0 atom stereocenters. The van der Waals surface area contributed by atoms with Crippen molar-refractivity contribution in [3.8, 4) is 0 Å². The van der Waals surface area contributed by atoms with Crippen LogP contribution in [-0.2, 0) is 10.0 Å². The van der Waals surface area contributed by atoms with Gasteiger partial charge in [-0.2, -0.15) is 0 Å². The molecular formula is C14H18N4O3S3. The summed E-state index contributed by atoms with van der Waals surface area (Å²) in [5.74, 6) is 0.530. The summed E-state index contributed by atoms with van der Waals surface area (Å²) in [6.45, 7) is 3.72. The standard InChI is InChI=1S/C14H18N4O3S3/c1-5-22-14-17-16-13(23-14)15-12(19)10-7-6-8-11(9(10)2)18(3)24(4,20)21/h6-8H,5H2,1-4H3,(H,15,16,19). The first-order valence-corrected chi connectivity index (χ1v) is 10.7. The maximum atomic E-state index is 12.5. The summed E-state index contributed by atoms with van der Waals surface area (Å²) in [4.78, 5) is 12.5. The largest absolute Gasteiger partial charge is 0.296 e. The Bertz CT molecular complexity index is 849. The van der Waals surface area contributed by atoms with Crippen molar-refractivity contribution in [1.82, 2.24) is 10.2 Å². The van der Waals surface area contributed by atoms with Crippen molar-refractivity contribution in [2.75, 3.05) is 28.7 Å². The van der Waals surface area contributed by atoms with Crippen LogP contribution in [0.2, 0.25) is 0 Å².